The molecule has 0 unspecified atom stereocenters. The van der Waals surface area contributed by atoms with Crippen LogP contribution >= 0.6 is 0 Å². The van der Waals surface area contributed by atoms with Gasteiger partial charge in [0.1, 0.15) is 0 Å². The van der Waals surface area contributed by atoms with Crippen LogP contribution in [0.4, 0.5) is 4.39 Å². The summed E-state index contributed by atoms with van der Waals surface area (Å²) in [5, 5.41) is 0. The minimum Gasteiger partial charge on any atom is -0.493 e. The van der Waals surface area contributed by atoms with Crippen LogP contribution in [0.3, 0.4) is 0 Å². The first-order valence-electron chi connectivity index (χ1n) is 8.68. The van der Waals surface area contributed by atoms with Crippen LogP contribution in [-0.2, 0) is 16.0 Å². The molecule has 0 aromatic heterocycles. The summed E-state index contributed by atoms with van der Waals surface area (Å²) in [5.41, 5.74) is 5.12. The van der Waals surface area contributed by atoms with Crippen molar-refractivity contribution in [2.75, 3.05) is 21.3 Å². The zero-order valence-electron chi connectivity index (χ0n) is 16.6. The van der Waals surface area contributed by atoms with Crippen LogP contribution in [0.25, 0.3) is 0 Å². The number of methoxy groups -OCH3 is 3. The Morgan fingerprint density at radius 3 is 2.14 bits per heavy atom. The fraction of sp³-hybridized carbons (Fsp3) is 0.300. The third-order valence-corrected chi connectivity index (χ3v) is 3.92. The van der Waals surface area contributed by atoms with Crippen LogP contribution in [0.1, 0.15) is 12.5 Å². The molecular weight excluding hydrogens is 383 g/mol. The Morgan fingerprint density at radius 1 is 0.966 bits per heavy atom. The van der Waals surface area contributed by atoms with Crippen molar-refractivity contribution in [3.8, 4) is 23.0 Å². The molecule has 0 heterocycles. The average molecular weight is 406 g/mol. The monoisotopic (exact) mass is 406 g/mol. The minimum atomic E-state index is -1.02. The van der Waals surface area contributed by atoms with Crippen molar-refractivity contribution in [3.05, 3.63) is 47.8 Å². The topological polar surface area (TPSA) is 95.1 Å². The number of rotatable bonds is 8. The van der Waals surface area contributed by atoms with Crippen LogP contribution in [0.15, 0.2) is 36.4 Å². The largest absolute Gasteiger partial charge is 0.493 e. The number of benzene rings is 2. The van der Waals surface area contributed by atoms with Crippen LogP contribution in [0, 0.1) is 5.82 Å². The molecule has 0 spiro atoms. The Hall–Kier alpha value is -3.49. The number of nitrogens with one attached hydrogen (secondary N) is 2. The van der Waals surface area contributed by atoms with Gasteiger partial charge in [0.2, 0.25) is 11.7 Å². The molecule has 0 aliphatic carbocycles. The summed E-state index contributed by atoms with van der Waals surface area (Å²) in [7, 11) is 4.42. The first-order valence-corrected chi connectivity index (χ1v) is 8.68. The van der Waals surface area contributed by atoms with Gasteiger partial charge in [0.25, 0.3) is 5.91 Å². The number of carbonyl (C=O) groups excluding carboxylic acids is 2. The van der Waals surface area contributed by atoms with Crippen LogP contribution < -0.4 is 29.8 Å². The molecule has 2 amide bonds. The number of amides is 2. The quantitative estimate of drug-likeness (QED) is 0.652. The zero-order valence-corrected chi connectivity index (χ0v) is 16.6. The summed E-state index contributed by atoms with van der Waals surface area (Å²) in [6, 6.07) is 8.99. The molecule has 2 rings (SSSR count). The highest BCUT2D eigenvalue weighted by atomic mass is 19.1. The highest BCUT2D eigenvalue weighted by molar-refractivity contribution is 5.85. The van der Waals surface area contributed by atoms with E-state index in [1.807, 2.05) is 0 Å². The maximum atomic E-state index is 13.6. The van der Waals surface area contributed by atoms with Gasteiger partial charge in [-0.2, -0.15) is 0 Å². The van der Waals surface area contributed by atoms with Gasteiger partial charge in [-0.05, 0) is 36.8 Å². The van der Waals surface area contributed by atoms with E-state index < -0.39 is 23.7 Å². The molecule has 156 valence electrons. The van der Waals surface area contributed by atoms with Crippen molar-refractivity contribution in [1.29, 1.82) is 0 Å². The summed E-state index contributed by atoms with van der Waals surface area (Å²) in [6.45, 7) is 1.44. The van der Waals surface area contributed by atoms with Crippen molar-refractivity contribution in [2.45, 2.75) is 19.4 Å². The van der Waals surface area contributed by atoms with Crippen LogP contribution in [0.5, 0.6) is 23.0 Å². The third kappa shape index (κ3) is 5.74. The number of hydrogen-bond acceptors (Lipinski definition) is 6. The Bertz CT molecular complexity index is 849. The van der Waals surface area contributed by atoms with E-state index in [-0.39, 0.29) is 12.2 Å². The van der Waals surface area contributed by atoms with Crippen LogP contribution in [0.2, 0.25) is 0 Å². The number of halogens is 1. The van der Waals surface area contributed by atoms with Gasteiger partial charge >= 0.3 is 0 Å². The lowest BCUT2D eigenvalue weighted by molar-refractivity contribution is -0.132. The van der Waals surface area contributed by atoms with E-state index in [0.29, 0.717) is 22.8 Å². The van der Waals surface area contributed by atoms with Gasteiger partial charge in [-0.3, -0.25) is 20.4 Å². The van der Waals surface area contributed by atoms with E-state index in [1.54, 1.807) is 18.2 Å². The molecule has 0 radical (unpaired) electrons. The molecule has 0 aliphatic heterocycles. The van der Waals surface area contributed by atoms with Gasteiger partial charge < -0.3 is 18.9 Å². The van der Waals surface area contributed by atoms with E-state index in [2.05, 4.69) is 10.9 Å². The predicted octanol–water partition coefficient (Wildman–Crippen LogP) is 2.01. The van der Waals surface area contributed by atoms with E-state index in [1.165, 1.54) is 46.5 Å². The van der Waals surface area contributed by atoms with E-state index in [0.717, 1.165) is 0 Å². The van der Waals surface area contributed by atoms with Gasteiger partial charge in [-0.25, -0.2) is 4.39 Å². The van der Waals surface area contributed by atoms with Gasteiger partial charge in [0, 0.05) is 0 Å². The number of para-hydroxylation sites is 1. The lowest BCUT2D eigenvalue weighted by Crippen LogP contribution is -2.47. The Labute approximate surface area is 167 Å². The zero-order chi connectivity index (χ0) is 21.4. The van der Waals surface area contributed by atoms with Crippen molar-refractivity contribution in [1.82, 2.24) is 10.9 Å². The molecule has 2 aromatic rings. The molecule has 0 saturated heterocycles. The first-order chi connectivity index (χ1) is 13.9. The molecule has 0 aliphatic rings. The molecular formula is C20H23FN2O6. The Balaban J connectivity index is 1.94. The van der Waals surface area contributed by atoms with Crippen molar-refractivity contribution >= 4 is 11.8 Å². The second-order valence-electron chi connectivity index (χ2n) is 5.94. The summed E-state index contributed by atoms with van der Waals surface area (Å²) in [4.78, 5) is 24.2. The maximum absolute atomic E-state index is 13.6. The molecule has 2 N–H and O–H groups in total. The van der Waals surface area contributed by atoms with Gasteiger partial charge in [0.05, 0.1) is 27.8 Å². The summed E-state index contributed by atoms with van der Waals surface area (Å²) >= 11 is 0. The minimum absolute atomic E-state index is 0.0560. The molecule has 29 heavy (non-hydrogen) atoms. The van der Waals surface area contributed by atoms with E-state index >= 15 is 0 Å². The number of hydrogen-bond donors (Lipinski definition) is 2. The first kappa shape index (κ1) is 21.8. The van der Waals surface area contributed by atoms with Gasteiger partial charge in [-0.15, -0.1) is 0 Å². The molecule has 1 atom stereocenters. The maximum Gasteiger partial charge on any atom is 0.279 e. The lowest BCUT2D eigenvalue weighted by atomic mass is 10.1. The molecule has 8 nitrogen and oxygen atoms in total. The number of hydrazine groups is 1. The summed E-state index contributed by atoms with van der Waals surface area (Å²) in [5.74, 6) is -0.530. The molecule has 9 heteroatoms. The van der Waals surface area contributed by atoms with Gasteiger partial charge in [-0.1, -0.05) is 12.1 Å². The molecule has 0 fully saturated rings. The molecule has 0 bridgehead atoms. The Kier molecular flexibility index (Phi) is 7.64. The van der Waals surface area contributed by atoms with Crippen molar-refractivity contribution < 1.29 is 32.9 Å². The van der Waals surface area contributed by atoms with Crippen molar-refractivity contribution in [2.24, 2.45) is 0 Å². The second kappa shape index (κ2) is 10.2. The standard InChI is InChI=1S/C20H23FN2O6/c1-12(29-15-8-6-5-7-14(15)21)20(25)23-22-18(24)11-13-9-16(26-2)19(28-4)17(10-13)27-3/h5-10,12H,11H2,1-4H3,(H,22,24)(H,23,25)/t12-/m1/s1. The summed E-state index contributed by atoms with van der Waals surface area (Å²) < 4.78 is 34.6. The highest BCUT2D eigenvalue weighted by Crippen LogP contribution is 2.38. The second-order valence-corrected chi connectivity index (χ2v) is 5.94. The molecule has 2 aromatic carbocycles. The van der Waals surface area contributed by atoms with Crippen LogP contribution in [-0.4, -0.2) is 39.2 Å². The smallest absolute Gasteiger partial charge is 0.279 e. The number of carbonyl (C=O) groups is 2. The van der Waals surface area contributed by atoms with E-state index in [4.69, 9.17) is 18.9 Å². The lowest BCUT2D eigenvalue weighted by Gasteiger charge is -2.16. The normalized spacial score (nSPS) is 11.2. The third-order valence-electron chi connectivity index (χ3n) is 3.92. The fourth-order valence-electron chi connectivity index (χ4n) is 2.48. The molecule has 0 saturated carbocycles. The fourth-order valence-corrected chi connectivity index (χ4v) is 2.48. The predicted molar refractivity (Wildman–Crippen MR) is 103 cm³/mol. The van der Waals surface area contributed by atoms with Gasteiger partial charge in [0.15, 0.2) is 29.2 Å². The average Bonchev–Trinajstić information content (AvgIpc) is 2.72. The summed E-state index contributed by atoms with van der Waals surface area (Å²) in [6.07, 6.45) is -1.08. The SMILES string of the molecule is COc1cc(CC(=O)NNC(=O)[C@@H](C)Oc2ccccc2F)cc(OC)c1OC. The highest BCUT2D eigenvalue weighted by Gasteiger charge is 2.18. The van der Waals surface area contributed by atoms with E-state index in [9.17, 15) is 14.0 Å². The number of ether oxygens (including phenoxy) is 4. The Morgan fingerprint density at radius 2 is 1.59 bits per heavy atom. The van der Waals surface area contributed by atoms with Crippen molar-refractivity contribution in [3.63, 3.8) is 0 Å².